The van der Waals surface area contributed by atoms with Crippen molar-refractivity contribution < 1.29 is 48.0 Å². The lowest BCUT2D eigenvalue weighted by Crippen LogP contribution is -2.70. The van der Waals surface area contributed by atoms with Crippen molar-refractivity contribution in [1.29, 1.82) is 0 Å². The van der Waals surface area contributed by atoms with Crippen LogP contribution < -0.4 is 5.32 Å². The minimum Gasteiger partial charge on any atom is -0.444 e. The Hall–Kier alpha value is -3.81. The molecule has 1 unspecified atom stereocenters. The number of hydrogen-bond donors (Lipinski definition) is 4. The summed E-state index contributed by atoms with van der Waals surface area (Å²) in [5.41, 5.74) is -1.18. The van der Waals surface area contributed by atoms with Gasteiger partial charge in [0, 0.05) is 19.2 Å². The molecule has 5 atom stereocenters. The maximum atomic E-state index is 14.3. The normalized spacial score (nSPS) is 19.3. The number of carbonyl (C=O) groups excluding carboxylic acids is 3. The minimum absolute atomic E-state index is 0.0538. The second kappa shape index (κ2) is 15.2. The van der Waals surface area contributed by atoms with Gasteiger partial charge in [0.1, 0.15) is 35.0 Å². The van der Waals surface area contributed by atoms with E-state index in [0.29, 0.717) is 6.07 Å². The summed E-state index contributed by atoms with van der Waals surface area (Å²) in [7, 11) is 0. The maximum Gasteiger partial charge on any atom is 0.411 e. The second-order valence-electron chi connectivity index (χ2n) is 13.5. The van der Waals surface area contributed by atoms with Gasteiger partial charge in [-0.1, -0.05) is 30.3 Å². The molecule has 4 N–H and O–H groups in total. The molecule has 1 fully saturated rings. The molecule has 0 saturated carbocycles. The lowest BCUT2D eigenvalue weighted by molar-refractivity contribution is -0.154. The van der Waals surface area contributed by atoms with Crippen molar-refractivity contribution in [2.45, 2.75) is 102 Å². The summed E-state index contributed by atoms with van der Waals surface area (Å²) < 4.78 is 39.4. The van der Waals surface area contributed by atoms with E-state index < -0.39 is 77.9 Å². The number of nitrogens with one attached hydrogen (secondary N) is 1. The molecule has 13 heteroatoms. The van der Waals surface area contributed by atoms with Gasteiger partial charge in [0.15, 0.2) is 0 Å². The summed E-state index contributed by atoms with van der Waals surface area (Å²) in [6.45, 7) is 9.08. The Labute approximate surface area is 268 Å². The van der Waals surface area contributed by atoms with Gasteiger partial charge in [-0.2, -0.15) is 0 Å². The largest absolute Gasteiger partial charge is 0.444 e. The van der Waals surface area contributed by atoms with Crippen LogP contribution >= 0.6 is 0 Å². The van der Waals surface area contributed by atoms with E-state index in [-0.39, 0.29) is 31.5 Å². The second-order valence-corrected chi connectivity index (χ2v) is 13.5. The highest BCUT2D eigenvalue weighted by Gasteiger charge is 2.50. The van der Waals surface area contributed by atoms with E-state index in [1.54, 1.807) is 71.9 Å². The van der Waals surface area contributed by atoms with Crippen LogP contribution in [0.5, 0.6) is 0 Å². The Kier molecular flexibility index (Phi) is 12.1. The molecule has 1 heterocycles. The summed E-state index contributed by atoms with van der Waals surface area (Å²) in [5.74, 6) is -2.48. The molecular formula is C33H45F2N3O8. The summed E-state index contributed by atoms with van der Waals surface area (Å²) >= 11 is 0. The Morgan fingerprint density at radius 1 is 0.957 bits per heavy atom. The monoisotopic (exact) mass is 649 g/mol. The number of carbonyl (C=O) groups is 3. The molecule has 0 bridgehead atoms. The molecule has 46 heavy (non-hydrogen) atoms. The van der Waals surface area contributed by atoms with E-state index in [4.69, 9.17) is 9.47 Å². The fourth-order valence-corrected chi connectivity index (χ4v) is 5.30. The Bertz CT molecular complexity index is 1330. The quantitative estimate of drug-likeness (QED) is 0.306. The summed E-state index contributed by atoms with van der Waals surface area (Å²) in [5, 5.41) is 34.6. The zero-order chi connectivity index (χ0) is 34.4. The molecule has 3 rings (SSSR count). The van der Waals surface area contributed by atoms with Crippen molar-refractivity contribution in [2.24, 2.45) is 0 Å². The van der Waals surface area contributed by atoms with Crippen molar-refractivity contribution in [1.82, 2.24) is 15.1 Å². The van der Waals surface area contributed by atoms with Gasteiger partial charge in [0.25, 0.3) is 0 Å². The first-order valence-electron chi connectivity index (χ1n) is 15.1. The van der Waals surface area contributed by atoms with Crippen LogP contribution in [0.15, 0.2) is 48.5 Å². The van der Waals surface area contributed by atoms with Gasteiger partial charge < -0.3 is 35.0 Å². The van der Waals surface area contributed by atoms with Crippen molar-refractivity contribution in [3.8, 4) is 0 Å². The van der Waals surface area contributed by atoms with Crippen molar-refractivity contribution in [3.63, 3.8) is 0 Å². The van der Waals surface area contributed by atoms with E-state index in [1.807, 2.05) is 0 Å². The van der Waals surface area contributed by atoms with Crippen molar-refractivity contribution >= 4 is 18.1 Å². The highest BCUT2D eigenvalue weighted by atomic mass is 19.1. The number of halogens is 2. The number of ether oxygens (including phenoxy) is 2. The number of alkyl carbamates (subject to hydrolysis) is 1. The van der Waals surface area contributed by atoms with E-state index in [1.165, 1.54) is 4.90 Å². The Balaban J connectivity index is 2.13. The van der Waals surface area contributed by atoms with Crippen LogP contribution in [0.4, 0.5) is 18.4 Å². The predicted octanol–water partition coefficient (Wildman–Crippen LogP) is 3.52. The van der Waals surface area contributed by atoms with Crippen LogP contribution in [0.2, 0.25) is 0 Å². The molecule has 2 aromatic rings. The SMILES string of the molecule is CC(C)(C)OC(=O)N[C@@H](Cc1cc(F)cc(F)c1)[C@H](O)[C@H]1C(=O)N(Cc2ccccc2)C[C@H](CC(O)CO)N1C(=O)OC(C)(C)C. The van der Waals surface area contributed by atoms with E-state index in [2.05, 4.69) is 5.32 Å². The predicted molar refractivity (Wildman–Crippen MR) is 164 cm³/mol. The molecule has 3 amide bonds. The molecule has 11 nitrogen and oxygen atoms in total. The van der Waals surface area contributed by atoms with Gasteiger partial charge in [0.2, 0.25) is 5.91 Å². The smallest absolute Gasteiger partial charge is 0.411 e. The first kappa shape index (κ1) is 36.7. The lowest BCUT2D eigenvalue weighted by Gasteiger charge is -2.48. The lowest BCUT2D eigenvalue weighted by atomic mass is 9.90. The first-order valence-corrected chi connectivity index (χ1v) is 15.1. The highest BCUT2D eigenvalue weighted by Crippen LogP contribution is 2.29. The zero-order valence-corrected chi connectivity index (χ0v) is 27.1. The number of aliphatic hydroxyl groups excluding tert-OH is 3. The fourth-order valence-electron chi connectivity index (χ4n) is 5.30. The van der Waals surface area contributed by atoms with Crippen LogP contribution in [-0.4, -0.2) is 97.9 Å². The van der Waals surface area contributed by atoms with E-state index in [9.17, 15) is 38.5 Å². The third-order valence-electron chi connectivity index (χ3n) is 7.08. The number of benzene rings is 2. The molecule has 2 aromatic carbocycles. The van der Waals surface area contributed by atoms with Gasteiger partial charge in [-0.15, -0.1) is 0 Å². The molecule has 0 spiro atoms. The van der Waals surface area contributed by atoms with Gasteiger partial charge in [0.05, 0.1) is 24.8 Å². The zero-order valence-electron chi connectivity index (χ0n) is 27.1. The maximum absolute atomic E-state index is 14.3. The van der Waals surface area contributed by atoms with Gasteiger partial charge in [-0.05, 0) is 77.6 Å². The van der Waals surface area contributed by atoms with Crippen LogP contribution in [0.3, 0.4) is 0 Å². The van der Waals surface area contributed by atoms with Crippen molar-refractivity contribution in [3.05, 3.63) is 71.3 Å². The van der Waals surface area contributed by atoms with Gasteiger partial charge in [-0.3, -0.25) is 9.69 Å². The molecule has 1 aliphatic heterocycles. The van der Waals surface area contributed by atoms with Crippen LogP contribution in [0, 0.1) is 11.6 Å². The Morgan fingerprint density at radius 3 is 2.09 bits per heavy atom. The standard InChI is InChI=1S/C33H45F2N3O8/c1-32(2,3)45-30(43)36-26(14-21-12-22(34)15-23(35)13-21)28(41)27-29(42)37(17-20-10-8-7-9-11-20)18-24(16-25(40)19-39)38(27)31(44)46-33(4,5)6/h7-13,15,24-28,39-41H,14,16-19H2,1-6H3,(H,36,43)/t24-,25?,26-,27-,28-/m0/s1. The minimum atomic E-state index is -1.87. The molecule has 1 aliphatic rings. The number of piperazine rings is 1. The molecule has 0 aliphatic carbocycles. The summed E-state index contributed by atoms with van der Waals surface area (Å²) in [6.07, 6.45) is -5.65. The molecular weight excluding hydrogens is 604 g/mol. The number of aliphatic hydroxyl groups is 3. The number of rotatable bonds is 10. The number of amides is 3. The number of nitrogens with zero attached hydrogens (tertiary/aromatic N) is 2. The van der Waals surface area contributed by atoms with Crippen molar-refractivity contribution in [2.75, 3.05) is 13.2 Å². The van der Waals surface area contributed by atoms with Crippen LogP contribution in [0.1, 0.15) is 59.1 Å². The third-order valence-corrected chi connectivity index (χ3v) is 7.08. The summed E-state index contributed by atoms with van der Waals surface area (Å²) in [6, 6.07) is 7.63. The van der Waals surface area contributed by atoms with Crippen LogP contribution in [0.25, 0.3) is 0 Å². The molecule has 0 radical (unpaired) electrons. The molecule has 0 aromatic heterocycles. The topological polar surface area (TPSA) is 149 Å². The third kappa shape index (κ3) is 10.6. The van der Waals surface area contributed by atoms with E-state index in [0.717, 1.165) is 22.6 Å². The highest BCUT2D eigenvalue weighted by molar-refractivity contribution is 5.88. The molecule has 254 valence electrons. The van der Waals surface area contributed by atoms with Gasteiger partial charge in [-0.25, -0.2) is 18.4 Å². The fraction of sp³-hybridized carbons (Fsp3) is 0.545. The summed E-state index contributed by atoms with van der Waals surface area (Å²) in [4.78, 5) is 43.4. The Morgan fingerprint density at radius 2 is 1.54 bits per heavy atom. The average molecular weight is 650 g/mol. The van der Waals surface area contributed by atoms with Gasteiger partial charge >= 0.3 is 12.2 Å². The average Bonchev–Trinajstić information content (AvgIpc) is 2.91. The molecule has 1 saturated heterocycles. The van der Waals surface area contributed by atoms with E-state index >= 15 is 0 Å². The first-order chi connectivity index (χ1) is 21.4. The van der Waals surface area contributed by atoms with Crippen LogP contribution in [-0.2, 0) is 27.2 Å². The number of hydrogen-bond acceptors (Lipinski definition) is 8.